The van der Waals surface area contributed by atoms with Gasteiger partial charge in [0.05, 0.1) is 29.6 Å². The molecule has 9 nitrogen and oxygen atoms in total. The van der Waals surface area contributed by atoms with Crippen molar-refractivity contribution in [2.24, 2.45) is 0 Å². The normalized spacial score (nSPS) is 13.8. The van der Waals surface area contributed by atoms with E-state index in [0.29, 0.717) is 30.3 Å². The molecule has 2 N–H and O–H groups in total. The molecule has 6 rings (SSSR count). The fraction of sp³-hybridized carbons (Fsp3) is 0.160. The molecule has 0 saturated carbocycles. The number of amides is 1. The molecule has 0 bridgehead atoms. The minimum atomic E-state index is -0.197. The van der Waals surface area contributed by atoms with Gasteiger partial charge in [-0.3, -0.25) is 14.9 Å². The summed E-state index contributed by atoms with van der Waals surface area (Å²) in [6, 6.07) is 13.0. The van der Waals surface area contributed by atoms with Gasteiger partial charge in [-0.05, 0) is 30.3 Å². The predicted octanol–water partition coefficient (Wildman–Crippen LogP) is 4.23. The largest absolute Gasteiger partial charge is 0.378 e. The van der Waals surface area contributed by atoms with Crippen molar-refractivity contribution >= 4 is 39.0 Å². The van der Waals surface area contributed by atoms with Crippen LogP contribution < -0.4 is 10.2 Å². The summed E-state index contributed by atoms with van der Waals surface area (Å²) >= 11 is 1.66. The van der Waals surface area contributed by atoms with Gasteiger partial charge in [0.2, 0.25) is 0 Å². The second-order valence-electron chi connectivity index (χ2n) is 8.05. The van der Waals surface area contributed by atoms with E-state index in [1.165, 1.54) is 0 Å². The van der Waals surface area contributed by atoms with Crippen LogP contribution in [0.25, 0.3) is 32.0 Å². The first-order valence-corrected chi connectivity index (χ1v) is 12.0. The molecule has 5 aromatic rings. The van der Waals surface area contributed by atoms with Gasteiger partial charge in [0, 0.05) is 58.9 Å². The first kappa shape index (κ1) is 21.4. The van der Waals surface area contributed by atoms with Crippen LogP contribution in [0.15, 0.2) is 67.3 Å². The van der Waals surface area contributed by atoms with Crippen molar-refractivity contribution < 1.29 is 9.53 Å². The Hall–Kier alpha value is -4.15. The van der Waals surface area contributed by atoms with Gasteiger partial charge in [0.15, 0.2) is 11.6 Å². The topological polar surface area (TPSA) is 109 Å². The van der Waals surface area contributed by atoms with E-state index in [-0.39, 0.29) is 5.91 Å². The molecule has 4 aromatic heterocycles. The number of carbonyl (C=O) groups is 1. The number of nitrogens with zero attached hydrogens (tertiary/aromatic N) is 5. The number of rotatable bonds is 5. The van der Waals surface area contributed by atoms with Gasteiger partial charge in [-0.15, -0.1) is 11.3 Å². The highest BCUT2D eigenvalue weighted by Gasteiger charge is 2.21. The molecule has 1 fully saturated rings. The maximum Gasteiger partial charge on any atom is 0.255 e. The van der Waals surface area contributed by atoms with Crippen LogP contribution in [-0.4, -0.2) is 57.4 Å². The molecule has 0 aliphatic carbocycles. The van der Waals surface area contributed by atoms with Gasteiger partial charge < -0.3 is 15.0 Å². The number of pyridine rings is 1. The lowest BCUT2D eigenvalue weighted by atomic mass is 10.1. The zero-order chi connectivity index (χ0) is 23.6. The molecule has 1 saturated heterocycles. The predicted molar refractivity (Wildman–Crippen MR) is 136 cm³/mol. The van der Waals surface area contributed by atoms with E-state index in [9.17, 15) is 4.79 Å². The summed E-state index contributed by atoms with van der Waals surface area (Å²) in [6.07, 6.45) is 6.88. The Labute approximate surface area is 204 Å². The molecule has 5 heterocycles. The number of fused-ring (bicyclic) bond motifs is 1. The third kappa shape index (κ3) is 4.36. The molecule has 0 atom stereocenters. The first-order valence-electron chi connectivity index (χ1n) is 11.2. The van der Waals surface area contributed by atoms with Gasteiger partial charge in [0.25, 0.3) is 5.91 Å². The number of carbonyl (C=O) groups excluding carboxylic acids is 1. The number of thiophene rings is 1. The number of H-pyrrole nitrogens is 1. The quantitative estimate of drug-likeness (QED) is 0.385. The smallest absolute Gasteiger partial charge is 0.255 e. The fourth-order valence-corrected chi connectivity index (χ4v) is 5.10. The Balaban J connectivity index is 1.39. The van der Waals surface area contributed by atoms with Gasteiger partial charge in [-0.2, -0.15) is 5.10 Å². The molecule has 1 amide bonds. The number of aromatic nitrogens is 5. The second-order valence-corrected chi connectivity index (χ2v) is 9.11. The van der Waals surface area contributed by atoms with Crippen molar-refractivity contribution in [1.29, 1.82) is 0 Å². The number of morpholine rings is 1. The molecule has 0 radical (unpaired) electrons. The fourth-order valence-electron chi connectivity index (χ4n) is 4.00. The Bertz CT molecular complexity index is 1480. The molecule has 0 spiro atoms. The maximum atomic E-state index is 12.6. The van der Waals surface area contributed by atoms with Crippen molar-refractivity contribution in [3.05, 3.63) is 72.8 Å². The molecule has 174 valence electrons. The average Bonchev–Trinajstić information content (AvgIpc) is 3.59. The molecule has 35 heavy (non-hydrogen) atoms. The summed E-state index contributed by atoms with van der Waals surface area (Å²) in [5.41, 5.74) is 3.94. The summed E-state index contributed by atoms with van der Waals surface area (Å²) < 4.78 is 6.60. The van der Waals surface area contributed by atoms with Crippen LogP contribution in [0, 0.1) is 0 Å². The summed E-state index contributed by atoms with van der Waals surface area (Å²) in [6.45, 7) is 2.87. The molecule has 10 heteroatoms. The van der Waals surface area contributed by atoms with Crippen molar-refractivity contribution in [2.75, 3.05) is 36.5 Å². The summed E-state index contributed by atoms with van der Waals surface area (Å²) in [5.74, 6) is 1.31. The number of hydrogen-bond donors (Lipinski definition) is 2. The Morgan fingerprint density at radius 1 is 1.06 bits per heavy atom. The number of benzene rings is 1. The maximum absolute atomic E-state index is 12.6. The van der Waals surface area contributed by atoms with E-state index < -0.39 is 0 Å². The van der Waals surface area contributed by atoms with E-state index in [4.69, 9.17) is 14.7 Å². The molecule has 1 aromatic carbocycles. The van der Waals surface area contributed by atoms with Gasteiger partial charge in [0.1, 0.15) is 0 Å². The molecule has 1 aliphatic rings. The second kappa shape index (κ2) is 9.24. The van der Waals surface area contributed by atoms with E-state index in [1.54, 1.807) is 35.9 Å². The first-order chi connectivity index (χ1) is 17.2. The van der Waals surface area contributed by atoms with Crippen LogP contribution in [0.1, 0.15) is 10.4 Å². The van der Waals surface area contributed by atoms with Crippen LogP contribution in [0.3, 0.4) is 0 Å². The van der Waals surface area contributed by atoms with Crippen molar-refractivity contribution in [3.63, 3.8) is 0 Å². The Kier molecular flexibility index (Phi) is 5.65. The standard InChI is InChI=1S/C25H21N7O2S/c33-25(16-4-6-26-7-5-16)29-19-3-1-2-17(12-19)23-30-20-13-21(18-14-27-28-15-18)35-22(20)24(31-23)32-8-10-34-11-9-32/h1-7,12-15H,8-11H2,(H,27,28)(H,29,33). The highest BCUT2D eigenvalue weighted by atomic mass is 32.1. The van der Waals surface area contributed by atoms with E-state index in [0.717, 1.165) is 45.1 Å². The monoisotopic (exact) mass is 483 g/mol. The Morgan fingerprint density at radius 3 is 2.71 bits per heavy atom. The number of ether oxygens (including phenoxy) is 1. The minimum Gasteiger partial charge on any atom is -0.378 e. The van der Waals surface area contributed by atoms with E-state index in [1.807, 2.05) is 36.7 Å². The lowest BCUT2D eigenvalue weighted by Crippen LogP contribution is -2.36. The van der Waals surface area contributed by atoms with Gasteiger partial charge in [-0.25, -0.2) is 9.97 Å². The highest BCUT2D eigenvalue weighted by molar-refractivity contribution is 7.22. The average molecular weight is 484 g/mol. The van der Waals surface area contributed by atoms with Crippen LogP contribution in [0.4, 0.5) is 11.5 Å². The van der Waals surface area contributed by atoms with Crippen LogP contribution in [-0.2, 0) is 4.74 Å². The molecular formula is C25H21N7O2S. The Morgan fingerprint density at radius 2 is 1.91 bits per heavy atom. The third-order valence-electron chi connectivity index (χ3n) is 5.77. The van der Waals surface area contributed by atoms with Gasteiger partial charge in [-0.1, -0.05) is 12.1 Å². The third-order valence-corrected chi connectivity index (χ3v) is 6.94. The van der Waals surface area contributed by atoms with Crippen LogP contribution in [0.2, 0.25) is 0 Å². The molecule has 0 unspecified atom stereocenters. The zero-order valence-electron chi connectivity index (χ0n) is 18.6. The minimum absolute atomic E-state index is 0.197. The van der Waals surface area contributed by atoms with E-state index in [2.05, 4.69) is 31.5 Å². The highest BCUT2D eigenvalue weighted by Crippen LogP contribution is 2.38. The molecule has 1 aliphatic heterocycles. The van der Waals surface area contributed by atoms with Crippen LogP contribution in [0.5, 0.6) is 0 Å². The lowest BCUT2D eigenvalue weighted by molar-refractivity contribution is 0.102. The number of anilines is 2. The number of hydrogen-bond acceptors (Lipinski definition) is 8. The zero-order valence-corrected chi connectivity index (χ0v) is 19.5. The summed E-state index contributed by atoms with van der Waals surface area (Å²) in [4.78, 5) is 29.8. The number of nitrogens with one attached hydrogen (secondary N) is 2. The SMILES string of the molecule is O=C(Nc1cccc(-c2nc(N3CCOCC3)c3sc(-c4cn[nH]c4)cc3n2)c1)c1ccncc1. The summed E-state index contributed by atoms with van der Waals surface area (Å²) in [5, 5.41) is 9.91. The summed E-state index contributed by atoms with van der Waals surface area (Å²) in [7, 11) is 0. The van der Waals surface area contributed by atoms with Crippen molar-refractivity contribution in [3.8, 4) is 21.8 Å². The molecular weight excluding hydrogens is 462 g/mol. The van der Waals surface area contributed by atoms with Crippen LogP contribution >= 0.6 is 11.3 Å². The number of aromatic amines is 1. The van der Waals surface area contributed by atoms with Gasteiger partial charge >= 0.3 is 0 Å². The van der Waals surface area contributed by atoms with Crippen molar-refractivity contribution in [1.82, 2.24) is 25.1 Å². The lowest BCUT2D eigenvalue weighted by Gasteiger charge is -2.28. The van der Waals surface area contributed by atoms with E-state index >= 15 is 0 Å². The van der Waals surface area contributed by atoms with Crippen molar-refractivity contribution in [2.45, 2.75) is 0 Å².